The summed E-state index contributed by atoms with van der Waals surface area (Å²) in [7, 11) is -3.57. The molecule has 2 bridgehead atoms. The minimum atomic E-state index is -3.57. The van der Waals surface area contributed by atoms with Gasteiger partial charge in [0.2, 0.25) is 15.9 Å². The molecule has 1 unspecified atom stereocenters. The van der Waals surface area contributed by atoms with E-state index in [1.807, 2.05) is 0 Å². The molecule has 29 heavy (non-hydrogen) atoms. The van der Waals surface area contributed by atoms with E-state index in [9.17, 15) is 8.42 Å². The summed E-state index contributed by atoms with van der Waals surface area (Å²) in [6.45, 7) is 5.64. The first kappa shape index (κ1) is 20.3. The molecule has 0 saturated carbocycles. The quantitative estimate of drug-likeness (QED) is 0.740. The highest BCUT2D eigenvalue weighted by Crippen LogP contribution is 2.41. The van der Waals surface area contributed by atoms with Crippen molar-refractivity contribution >= 4 is 10.0 Å². The van der Waals surface area contributed by atoms with E-state index in [1.165, 1.54) is 0 Å². The summed E-state index contributed by atoms with van der Waals surface area (Å²) in [6, 6.07) is -0.0940. The van der Waals surface area contributed by atoms with Crippen LogP contribution in [0, 0.1) is 13.8 Å². The number of ether oxygens (including phenoxy) is 1. The normalized spacial score (nSPS) is 24.7. The fourth-order valence-electron chi connectivity index (χ4n) is 4.66. The van der Waals surface area contributed by atoms with Crippen molar-refractivity contribution in [3.63, 3.8) is 0 Å². The van der Waals surface area contributed by atoms with Gasteiger partial charge in [0.1, 0.15) is 11.0 Å². The maximum atomic E-state index is 13.3. The van der Waals surface area contributed by atoms with Gasteiger partial charge in [-0.2, -0.15) is 9.40 Å². The Morgan fingerprint density at radius 2 is 1.90 bits per heavy atom. The fraction of sp³-hybridized carbons (Fsp3) is 0.650. The molecule has 0 aromatic carbocycles. The Balaban J connectivity index is 1.45. The second kappa shape index (κ2) is 8.02. The molecule has 9 heteroatoms. The Labute approximate surface area is 172 Å². The number of rotatable bonds is 7. The molecule has 0 radical (unpaired) electrons. The molecule has 3 atom stereocenters. The Bertz CT molecular complexity index is 923. The van der Waals surface area contributed by atoms with Gasteiger partial charge in [-0.3, -0.25) is 10.1 Å². The van der Waals surface area contributed by atoms with Gasteiger partial charge in [0.15, 0.2) is 0 Å². The average molecular weight is 420 g/mol. The van der Waals surface area contributed by atoms with Gasteiger partial charge >= 0.3 is 0 Å². The number of nitrogens with zero attached hydrogens (tertiary/aromatic N) is 4. The van der Waals surface area contributed by atoms with E-state index < -0.39 is 10.0 Å². The van der Waals surface area contributed by atoms with Gasteiger partial charge in [-0.1, -0.05) is 13.3 Å². The third kappa shape index (κ3) is 3.90. The molecule has 8 nitrogen and oxygen atoms in total. The van der Waals surface area contributed by atoms with E-state index in [0.29, 0.717) is 35.0 Å². The van der Waals surface area contributed by atoms with Crippen molar-refractivity contribution in [3.05, 3.63) is 29.5 Å². The molecule has 0 aliphatic carbocycles. The lowest BCUT2D eigenvalue weighted by Crippen LogP contribution is -2.49. The van der Waals surface area contributed by atoms with Crippen molar-refractivity contribution in [2.45, 2.75) is 88.8 Å². The fourth-order valence-corrected chi connectivity index (χ4v) is 6.89. The third-order valence-corrected chi connectivity index (χ3v) is 8.24. The van der Waals surface area contributed by atoms with Crippen LogP contribution in [0.3, 0.4) is 0 Å². The topological polar surface area (TPSA) is 101 Å². The summed E-state index contributed by atoms with van der Waals surface area (Å²) in [5.41, 5.74) is 2.10. The van der Waals surface area contributed by atoms with Gasteiger partial charge < -0.3 is 4.74 Å². The number of sulfonamides is 1. The molecule has 0 spiro atoms. The van der Waals surface area contributed by atoms with E-state index in [2.05, 4.69) is 27.1 Å². The van der Waals surface area contributed by atoms with Crippen LogP contribution in [0.4, 0.5) is 0 Å². The van der Waals surface area contributed by atoms with E-state index in [1.54, 1.807) is 30.5 Å². The largest absolute Gasteiger partial charge is 0.473 e. The Kier molecular flexibility index (Phi) is 5.61. The third-order valence-electron chi connectivity index (χ3n) is 5.97. The molecule has 4 rings (SSSR count). The van der Waals surface area contributed by atoms with Crippen molar-refractivity contribution in [1.82, 2.24) is 24.5 Å². The number of aryl methyl sites for hydroxylation is 3. The summed E-state index contributed by atoms with van der Waals surface area (Å²) < 4.78 is 34.5. The number of aromatic nitrogens is 4. The molecule has 2 saturated heterocycles. The van der Waals surface area contributed by atoms with Crippen LogP contribution in [-0.2, 0) is 16.4 Å². The van der Waals surface area contributed by atoms with Gasteiger partial charge in [0, 0.05) is 24.9 Å². The van der Waals surface area contributed by atoms with E-state index in [-0.39, 0.29) is 18.2 Å². The Morgan fingerprint density at radius 3 is 2.45 bits per heavy atom. The highest BCUT2D eigenvalue weighted by molar-refractivity contribution is 7.89. The standard InChI is InChI=1S/C20H29N5O3S/c1-4-5-6-15-11-22-19(12-21-15)28-18-9-16-7-8-17(10-18)25(16)29(26,27)20-13(2)23-24-14(20)3/h11-12,16-18H,4-10H2,1-3H3,(H,23,24)/t16-,17+,18?. The highest BCUT2D eigenvalue weighted by Gasteiger charge is 2.49. The summed E-state index contributed by atoms with van der Waals surface area (Å²) in [4.78, 5) is 9.16. The monoisotopic (exact) mass is 419 g/mol. The molecule has 2 aliphatic heterocycles. The van der Waals surface area contributed by atoms with Gasteiger partial charge in [-0.25, -0.2) is 13.4 Å². The van der Waals surface area contributed by atoms with Crippen LogP contribution in [0.15, 0.2) is 17.3 Å². The predicted octanol–water partition coefficient (Wildman–Crippen LogP) is 2.92. The molecular formula is C20H29N5O3S. The molecule has 158 valence electrons. The van der Waals surface area contributed by atoms with Gasteiger partial charge in [0.25, 0.3) is 0 Å². The minimum absolute atomic E-state index is 0.0405. The first-order valence-electron chi connectivity index (χ1n) is 10.4. The number of hydrogen-bond donors (Lipinski definition) is 1. The number of aromatic amines is 1. The van der Waals surface area contributed by atoms with Crippen molar-refractivity contribution in [2.75, 3.05) is 0 Å². The van der Waals surface area contributed by atoms with Crippen LogP contribution < -0.4 is 4.74 Å². The van der Waals surface area contributed by atoms with E-state index in [4.69, 9.17) is 4.74 Å². The Morgan fingerprint density at radius 1 is 1.17 bits per heavy atom. The van der Waals surface area contributed by atoms with Crippen LogP contribution in [0.5, 0.6) is 5.88 Å². The molecule has 4 heterocycles. The first-order chi connectivity index (χ1) is 13.9. The van der Waals surface area contributed by atoms with Crippen LogP contribution in [0.25, 0.3) is 0 Å². The number of nitrogens with one attached hydrogen (secondary N) is 1. The minimum Gasteiger partial charge on any atom is -0.473 e. The summed E-state index contributed by atoms with van der Waals surface area (Å²) in [5.74, 6) is 0.521. The highest BCUT2D eigenvalue weighted by atomic mass is 32.2. The number of fused-ring (bicyclic) bond motifs is 2. The van der Waals surface area contributed by atoms with Crippen LogP contribution in [0.1, 0.15) is 62.5 Å². The number of hydrogen-bond acceptors (Lipinski definition) is 6. The first-order valence-corrected chi connectivity index (χ1v) is 11.9. The van der Waals surface area contributed by atoms with Crippen molar-refractivity contribution in [2.24, 2.45) is 0 Å². The number of piperidine rings is 1. The van der Waals surface area contributed by atoms with Crippen LogP contribution >= 0.6 is 0 Å². The second-order valence-electron chi connectivity index (χ2n) is 8.14. The van der Waals surface area contributed by atoms with Gasteiger partial charge in [-0.15, -0.1) is 0 Å². The van der Waals surface area contributed by atoms with Gasteiger partial charge in [-0.05, 0) is 39.5 Å². The zero-order valence-electron chi connectivity index (χ0n) is 17.3. The van der Waals surface area contributed by atoms with Crippen LogP contribution in [-0.4, -0.2) is 51.1 Å². The molecule has 0 amide bonds. The smallest absolute Gasteiger partial charge is 0.247 e. The van der Waals surface area contributed by atoms with Gasteiger partial charge in [0.05, 0.1) is 29.5 Å². The SMILES string of the molecule is CCCCc1cnc(OC2C[C@H]3CC[C@@H](C2)N3S(=O)(=O)c2c(C)n[nH]c2C)cn1. The maximum Gasteiger partial charge on any atom is 0.247 e. The van der Waals surface area contributed by atoms with Crippen molar-refractivity contribution < 1.29 is 13.2 Å². The summed E-state index contributed by atoms with van der Waals surface area (Å²) in [5, 5.41) is 6.87. The maximum absolute atomic E-state index is 13.3. The molecule has 2 aromatic heterocycles. The predicted molar refractivity (Wildman–Crippen MR) is 108 cm³/mol. The van der Waals surface area contributed by atoms with E-state index in [0.717, 1.165) is 37.8 Å². The number of H-pyrrole nitrogens is 1. The summed E-state index contributed by atoms with van der Waals surface area (Å²) >= 11 is 0. The lowest BCUT2D eigenvalue weighted by atomic mass is 10.0. The molecule has 2 aromatic rings. The molecular weight excluding hydrogens is 390 g/mol. The molecule has 2 fully saturated rings. The molecule has 2 aliphatic rings. The number of unbranched alkanes of at least 4 members (excludes halogenated alkanes) is 1. The Hall–Kier alpha value is -2.00. The zero-order chi connectivity index (χ0) is 20.6. The van der Waals surface area contributed by atoms with E-state index >= 15 is 0 Å². The van der Waals surface area contributed by atoms with Crippen molar-refractivity contribution in [3.8, 4) is 5.88 Å². The van der Waals surface area contributed by atoms with Crippen molar-refractivity contribution in [1.29, 1.82) is 0 Å². The zero-order valence-corrected chi connectivity index (χ0v) is 18.1. The lowest BCUT2D eigenvalue weighted by molar-refractivity contribution is 0.0913. The van der Waals surface area contributed by atoms with Crippen LogP contribution in [0.2, 0.25) is 0 Å². The summed E-state index contributed by atoms with van der Waals surface area (Å²) in [6.07, 6.45) is 9.65. The average Bonchev–Trinajstić information content (AvgIpc) is 3.18. The molecule has 1 N–H and O–H groups in total. The second-order valence-corrected chi connectivity index (χ2v) is 9.92. The lowest BCUT2D eigenvalue weighted by Gasteiger charge is -2.37.